The van der Waals surface area contributed by atoms with E-state index in [4.69, 9.17) is 0 Å². The second kappa shape index (κ2) is 7.35. The molecular formula is C19H16N4O2. The fraction of sp³-hybridized carbons (Fsp3) is 0.0526. The van der Waals surface area contributed by atoms with Crippen molar-refractivity contribution in [3.05, 3.63) is 77.9 Å². The molecule has 25 heavy (non-hydrogen) atoms. The van der Waals surface area contributed by atoms with Gasteiger partial charge in [-0.1, -0.05) is 18.2 Å². The van der Waals surface area contributed by atoms with Crippen LogP contribution in [0.2, 0.25) is 0 Å². The molecule has 1 amide bonds. The van der Waals surface area contributed by atoms with Crippen molar-refractivity contribution >= 4 is 29.0 Å². The minimum absolute atomic E-state index is 0.0184. The molecule has 1 aromatic heterocycles. The number of amides is 1. The average Bonchev–Trinajstić information content (AvgIpc) is 2.64. The number of rotatable bonds is 5. The van der Waals surface area contributed by atoms with Crippen LogP contribution in [0, 0.1) is 0 Å². The van der Waals surface area contributed by atoms with Crippen molar-refractivity contribution < 1.29 is 9.59 Å². The summed E-state index contributed by atoms with van der Waals surface area (Å²) in [5.74, 6) is 0.680. The van der Waals surface area contributed by atoms with Crippen LogP contribution in [0.3, 0.4) is 0 Å². The molecule has 3 aromatic rings. The smallest absolute Gasteiger partial charge is 0.256 e. The number of hydrogen-bond acceptors (Lipinski definition) is 5. The van der Waals surface area contributed by atoms with Gasteiger partial charge in [0, 0.05) is 16.8 Å². The van der Waals surface area contributed by atoms with Crippen LogP contribution in [0.4, 0.5) is 17.3 Å². The number of carbonyl (C=O) groups excluding carboxylic acids is 2. The molecule has 2 aromatic carbocycles. The summed E-state index contributed by atoms with van der Waals surface area (Å²) in [6.07, 6.45) is 0. The molecule has 0 fully saturated rings. The van der Waals surface area contributed by atoms with Gasteiger partial charge in [-0.2, -0.15) is 0 Å². The predicted molar refractivity (Wildman–Crippen MR) is 96.2 cm³/mol. The first-order valence-electron chi connectivity index (χ1n) is 7.70. The summed E-state index contributed by atoms with van der Waals surface area (Å²) in [5.41, 5.74) is 1.99. The van der Waals surface area contributed by atoms with Crippen molar-refractivity contribution in [2.24, 2.45) is 0 Å². The van der Waals surface area contributed by atoms with Gasteiger partial charge < -0.3 is 10.6 Å². The van der Waals surface area contributed by atoms with Gasteiger partial charge in [-0.15, -0.1) is 10.2 Å². The Balaban J connectivity index is 1.64. The minimum Gasteiger partial charge on any atom is -0.339 e. The molecule has 0 saturated carbocycles. The first kappa shape index (κ1) is 16.3. The van der Waals surface area contributed by atoms with Gasteiger partial charge >= 0.3 is 0 Å². The van der Waals surface area contributed by atoms with E-state index in [1.165, 1.54) is 6.92 Å². The van der Waals surface area contributed by atoms with Crippen molar-refractivity contribution in [1.82, 2.24) is 10.2 Å². The van der Waals surface area contributed by atoms with Gasteiger partial charge in [0.2, 0.25) is 0 Å². The summed E-state index contributed by atoms with van der Waals surface area (Å²) >= 11 is 0. The topological polar surface area (TPSA) is 84.0 Å². The third-order valence-electron chi connectivity index (χ3n) is 3.51. The van der Waals surface area contributed by atoms with E-state index in [1.807, 2.05) is 6.07 Å². The van der Waals surface area contributed by atoms with Crippen LogP contribution in [0.15, 0.2) is 66.7 Å². The predicted octanol–water partition coefficient (Wildman–Crippen LogP) is 3.68. The maximum absolute atomic E-state index is 12.1. The lowest BCUT2D eigenvalue weighted by molar-refractivity contribution is 0.101. The largest absolute Gasteiger partial charge is 0.339 e. The van der Waals surface area contributed by atoms with Crippen LogP contribution < -0.4 is 10.6 Å². The van der Waals surface area contributed by atoms with Crippen molar-refractivity contribution in [2.45, 2.75) is 6.92 Å². The van der Waals surface area contributed by atoms with E-state index in [-0.39, 0.29) is 11.7 Å². The van der Waals surface area contributed by atoms with Crippen LogP contribution in [0.5, 0.6) is 0 Å². The van der Waals surface area contributed by atoms with E-state index in [0.717, 1.165) is 5.69 Å². The number of hydrogen-bond donors (Lipinski definition) is 2. The number of aromatic nitrogens is 2. The van der Waals surface area contributed by atoms with Crippen LogP contribution in [-0.4, -0.2) is 21.9 Å². The summed E-state index contributed by atoms with van der Waals surface area (Å²) in [5, 5.41) is 13.8. The normalized spacial score (nSPS) is 10.1. The van der Waals surface area contributed by atoms with E-state index < -0.39 is 0 Å². The van der Waals surface area contributed by atoms with Crippen LogP contribution >= 0.6 is 0 Å². The highest BCUT2D eigenvalue weighted by molar-refractivity contribution is 6.03. The maximum atomic E-state index is 12.1. The molecule has 0 aliphatic heterocycles. The third kappa shape index (κ3) is 4.26. The van der Waals surface area contributed by atoms with Gasteiger partial charge in [-0.25, -0.2) is 0 Å². The minimum atomic E-state index is -0.240. The Morgan fingerprint density at radius 3 is 2.00 bits per heavy atom. The van der Waals surface area contributed by atoms with Crippen molar-refractivity contribution in [3.63, 3.8) is 0 Å². The Kier molecular flexibility index (Phi) is 4.80. The van der Waals surface area contributed by atoms with E-state index in [1.54, 1.807) is 60.7 Å². The molecule has 0 saturated heterocycles. The molecule has 6 heteroatoms. The molecule has 0 spiro atoms. The van der Waals surface area contributed by atoms with Crippen LogP contribution in [0.1, 0.15) is 27.6 Å². The van der Waals surface area contributed by atoms with E-state index in [9.17, 15) is 9.59 Å². The van der Waals surface area contributed by atoms with Crippen molar-refractivity contribution in [1.29, 1.82) is 0 Å². The summed E-state index contributed by atoms with van der Waals surface area (Å²) in [6.45, 7) is 1.52. The van der Waals surface area contributed by atoms with E-state index in [0.29, 0.717) is 22.8 Å². The van der Waals surface area contributed by atoms with Gasteiger partial charge in [0.15, 0.2) is 17.4 Å². The number of Topliss-reactive ketones (excluding diaryl/α,β-unsaturated/α-hetero) is 1. The molecule has 124 valence electrons. The van der Waals surface area contributed by atoms with Gasteiger partial charge in [-0.3, -0.25) is 9.59 Å². The fourth-order valence-electron chi connectivity index (χ4n) is 2.18. The molecule has 0 atom stereocenters. The first-order valence-corrected chi connectivity index (χ1v) is 7.70. The number of benzene rings is 2. The van der Waals surface area contributed by atoms with Crippen LogP contribution in [0.25, 0.3) is 0 Å². The van der Waals surface area contributed by atoms with Gasteiger partial charge in [-0.05, 0) is 55.5 Å². The molecule has 3 rings (SSSR count). The number of ketones is 1. The molecular weight excluding hydrogens is 316 g/mol. The summed E-state index contributed by atoms with van der Waals surface area (Å²) in [7, 11) is 0. The number of carbonyl (C=O) groups is 2. The summed E-state index contributed by atoms with van der Waals surface area (Å²) < 4.78 is 0. The maximum Gasteiger partial charge on any atom is 0.256 e. The molecule has 6 nitrogen and oxygen atoms in total. The average molecular weight is 332 g/mol. The second-order valence-electron chi connectivity index (χ2n) is 5.38. The zero-order valence-electron chi connectivity index (χ0n) is 13.6. The summed E-state index contributed by atoms with van der Waals surface area (Å²) in [6, 6.07) is 19.3. The fourth-order valence-corrected chi connectivity index (χ4v) is 2.18. The highest BCUT2D eigenvalue weighted by Crippen LogP contribution is 2.16. The SMILES string of the molecule is CC(=O)c1ccc(Nc2ccc(NC(=O)c3ccccc3)nn2)cc1. The highest BCUT2D eigenvalue weighted by Gasteiger charge is 2.06. The highest BCUT2D eigenvalue weighted by atomic mass is 16.1. The molecule has 0 radical (unpaired) electrons. The molecule has 1 heterocycles. The molecule has 0 unspecified atom stereocenters. The van der Waals surface area contributed by atoms with Crippen molar-refractivity contribution in [3.8, 4) is 0 Å². The standard InChI is InChI=1S/C19H16N4O2/c1-13(24)14-7-9-16(10-8-14)20-17-11-12-18(23-22-17)21-19(25)15-5-3-2-4-6-15/h2-12H,1H3,(H,20,22)(H,21,23,25). The number of nitrogens with one attached hydrogen (secondary N) is 2. The first-order chi connectivity index (χ1) is 12.1. The molecule has 2 N–H and O–H groups in total. The monoisotopic (exact) mass is 332 g/mol. The Morgan fingerprint density at radius 2 is 1.40 bits per heavy atom. The van der Waals surface area contributed by atoms with E-state index >= 15 is 0 Å². The molecule has 0 bridgehead atoms. The lowest BCUT2D eigenvalue weighted by Gasteiger charge is -2.07. The molecule has 0 aliphatic rings. The Morgan fingerprint density at radius 1 is 0.760 bits per heavy atom. The lowest BCUT2D eigenvalue weighted by atomic mass is 10.1. The summed E-state index contributed by atoms with van der Waals surface area (Å²) in [4.78, 5) is 23.3. The molecule has 0 aliphatic carbocycles. The zero-order valence-corrected chi connectivity index (χ0v) is 13.6. The Labute approximate surface area is 144 Å². The zero-order chi connectivity index (χ0) is 17.6. The van der Waals surface area contributed by atoms with Crippen LogP contribution in [-0.2, 0) is 0 Å². The van der Waals surface area contributed by atoms with Crippen molar-refractivity contribution in [2.75, 3.05) is 10.6 Å². The Bertz CT molecular complexity index is 876. The second-order valence-corrected chi connectivity index (χ2v) is 5.38. The quantitative estimate of drug-likeness (QED) is 0.696. The van der Waals surface area contributed by atoms with Gasteiger partial charge in [0.05, 0.1) is 0 Å². The third-order valence-corrected chi connectivity index (χ3v) is 3.51. The van der Waals surface area contributed by atoms with Gasteiger partial charge in [0.1, 0.15) is 0 Å². The van der Waals surface area contributed by atoms with Gasteiger partial charge in [0.25, 0.3) is 5.91 Å². The lowest BCUT2D eigenvalue weighted by Crippen LogP contribution is -2.13. The Hall–Kier alpha value is -3.54. The number of nitrogens with zero attached hydrogens (tertiary/aromatic N) is 2. The number of anilines is 3. The van der Waals surface area contributed by atoms with E-state index in [2.05, 4.69) is 20.8 Å².